The third-order valence-corrected chi connectivity index (χ3v) is 9.70. The maximum Gasteiger partial charge on any atom is 0.0858 e. The topological polar surface area (TPSA) is 52.0 Å². The highest BCUT2D eigenvalue weighted by Gasteiger charge is 2.31. The molecule has 0 aliphatic rings. The van der Waals surface area contributed by atoms with E-state index in [-0.39, 0.29) is 93.9 Å². The van der Waals surface area contributed by atoms with Gasteiger partial charge in [0.1, 0.15) is 0 Å². The largest absolute Gasteiger partial charge is 0.396 e. The Morgan fingerprint density at radius 2 is 0.469 bits per heavy atom. The monoisotopic (exact) mass is 668 g/mol. The number of hydrogen-bond donors (Lipinski definition) is 2. The minimum Gasteiger partial charge on any atom is -0.396 e. The molecule has 2 nitrogen and oxygen atoms in total. The third kappa shape index (κ3) is 4.17. The maximum atomic E-state index is 6.58. The summed E-state index contributed by atoms with van der Waals surface area (Å²) in [5.41, 5.74) is 12.2. The molecule has 0 heterocycles. The van der Waals surface area contributed by atoms with Gasteiger partial charge in [-0.1, -0.05) is 139 Å². The summed E-state index contributed by atoms with van der Waals surface area (Å²) in [4.78, 5) is 0. The first-order valence-corrected chi connectivity index (χ1v) is 12.4. The summed E-state index contributed by atoms with van der Waals surface area (Å²) in [5.74, 6) is 0. The van der Waals surface area contributed by atoms with Crippen molar-refractivity contribution in [3.8, 4) is 22.3 Å². The average Bonchev–Trinajstić information content (AvgIpc) is 2.76. The maximum absolute atomic E-state index is 6.58. The van der Waals surface area contributed by atoms with Crippen LogP contribution in [0.15, 0.2) is 0 Å². The zero-order valence-corrected chi connectivity index (χ0v) is 23.8. The van der Waals surface area contributed by atoms with Gasteiger partial charge in [-0.15, -0.1) is 0 Å². The van der Waals surface area contributed by atoms with Crippen molar-refractivity contribution in [3.05, 3.63) is 60.3 Å². The molecule has 0 fully saturated rings. The molecule has 0 aliphatic heterocycles. The number of anilines is 2. The van der Waals surface area contributed by atoms with Crippen molar-refractivity contribution in [1.82, 2.24) is 0 Å². The van der Waals surface area contributed by atoms with Gasteiger partial charge in [0.2, 0.25) is 0 Å². The fourth-order valence-corrected chi connectivity index (χ4v) is 6.12. The normalized spacial score (nSPS) is 11.4. The minimum atomic E-state index is -0.116. The number of halogens is 12. The van der Waals surface area contributed by atoms with Crippen molar-refractivity contribution in [3.63, 3.8) is 0 Å². The van der Waals surface area contributed by atoms with Crippen molar-refractivity contribution >= 4 is 151 Å². The fourth-order valence-electron chi connectivity index (χ4n) is 2.83. The lowest BCUT2D eigenvalue weighted by Gasteiger charge is -2.21. The Kier molecular flexibility index (Phi) is 8.55. The second-order valence-corrected chi connectivity index (χ2v) is 10.6. The molecule has 32 heavy (non-hydrogen) atoms. The third-order valence-electron chi connectivity index (χ3n) is 4.37. The van der Waals surface area contributed by atoms with E-state index in [2.05, 4.69) is 0 Å². The first kappa shape index (κ1) is 27.3. The summed E-state index contributed by atoms with van der Waals surface area (Å²) in [6, 6.07) is 0. The van der Waals surface area contributed by atoms with Crippen LogP contribution in [0.25, 0.3) is 22.3 Å². The molecule has 4 N–H and O–H groups in total. The van der Waals surface area contributed by atoms with Gasteiger partial charge in [0.25, 0.3) is 0 Å². The van der Waals surface area contributed by atoms with Gasteiger partial charge in [-0.25, -0.2) is 0 Å². The molecule has 0 aromatic heterocycles. The summed E-state index contributed by atoms with van der Waals surface area (Å²) in [7, 11) is 0. The fraction of sp³-hybridized carbons (Fsp3) is 0. The number of nitrogens with two attached hydrogens (primary N) is 2. The smallest absolute Gasteiger partial charge is 0.0858 e. The van der Waals surface area contributed by atoms with Crippen LogP contribution in [0.5, 0.6) is 0 Å². The summed E-state index contributed by atoms with van der Waals surface area (Å²) in [5, 5.41) is -1.01. The van der Waals surface area contributed by atoms with E-state index >= 15 is 0 Å². The summed E-state index contributed by atoms with van der Waals surface area (Å²) < 4.78 is 0. The van der Waals surface area contributed by atoms with Crippen LogP contribution >= 0.6 is 139 Å². The lowest BCUT2D eigenvalue weighted by Crippen LogP contribution is -2.02. The number of rotatable bonds is 2. The van der Waals surface area contributed by atoms with Crippen molar-refractivity contribution < 1.29 is 0 Å². The summed E-state index contributed by atoms with van der Waals surface area (Å²) in [6.45, 7) is 0. The van der Waals surface area contributed by atoms with Crippen LogP contribution in [-0.4, -0.2) is 0 Å². The first-order valence-electron chi connectivity index (χ1n) is 7.85. The Hall–Kier alpha value is 0.740. The van der Waals surface area contributed by atoms with Gasteiger partial charge in [0.15, 0.2) is 0 Å². The molecule has 0 radical (unpaired) electrons. The van der Waals surface area contributed by atoms with Gasteiger partial charge in [0, 0.05) is 22.3 Å². The Balaban J connectivity index is 2.50. The van der Waals surface area contributed by atoms with Crippen LogP contribution in [-0.2, 0) is 0 Å². The van der Waals surface area contributed by atoms with Crippen LogP contribution in [0.3, 0.4) is 0 Å². The van der Waals surface area contributed by atoms with Crippen LogP contribution in [0.2, 0.25) is 60.3 Å². The molecule has 0 unspecified atom stereocenters. The van der Waals surface area contributed by atoms with Gasteiger partial charge in [-0.05, 0) is 0 Å². The van der Waals surface area contributed by atoms with E-state index in [4.69, 9.17) is 151 Å². The highest BCUT2D eigenvalue weighted by Crippen LogP contribution is 2.58. The summed E-state index contributed by atoms with van der Waals surface area (Å²) in [6.07, 6.45) is 0. The molecular weight excluding hydrogens is 670 g/mol. The van der Waals surface area contributed by atoms with Crippen LogP contribution in [0.4, 0.5) is 11.4 Å². The Labute approximate surface area is 242 Å². The van der Waals surface area contributed by atoms with Gasteiger partial charge < -0.3 is 11.5 Å². The predicted molar refractivity (Wildman–Crippen MR) is 146 cm³/mol. The molecule has 0 bridgehead atoms. The quantitative estimate of drug-likeness (QED) is 0.162. The van der Waals surface area contributed by atoms with Crippen LogP contribution in [0.1, 0.15) is 0 Å². The Morgan fingerprint density at radius 1 is 0.250 bits per heavy atom. The molecular formula is C18H4Cl12N2. The lowest BCUT2D eigenvalue weighted by atomic mass is 9.97. The van der Waals surface area contributed by atoms with Crippen LogP contribution in [0, 0.1) is 0 Å². The van der Waals surface area contributed by atoms with E-state index in [0.29, 0.717) is 0 Å². The van der Waals surface area contributed by atoms with Gasteiger partial charge in [-0.2, -0.15) is 0 Å². The zero-order valence-electron chi connectivity index (χ0n) is 14.7. The minimum absolute atomic E-state index is 0.0389. The average molecular weight is 674 g/mol. The van der Waals surface area contributed by atoms with E-state index in [1.165, 1.54) is 0 Å². The van der Waals surface area contributed by atoms with E-state index in [1.54, 1.807) is 0 Å². The van der Waals surface area contributed by atoms with Crippen molar-refractivity contribution in [2.75, 3.05) is 11.5 Å². The molecule has 0 saturated heterocycles. The highest BCUT2D eigenvalue weighted by molar-refractivity contribution is 6.59. The second kappa shape index (κ2) is 10.0. The molecule has 3 aromatic carbocycles. The van der Waals surface area contributed by atoms with Crippen molar-refractivity contribution in [2.24, 2.45) is 0 Å². The molecule has 0 amide bonds. The molecule has 0 atom stereocenters. The highest BCUT2D eigenvalue weighted by atomic mass is 35.5. The number of benzene rings is 3. The molecule has 3 rings (SSSR count). The van der Waals surface area contributed by atoms with Crippen molar-refractivity contribution in [2.45, 2.75) is 0 Å². The number of nitrogen functional groups attached to an aromatic ring is 2. The molecule has 14 heteroatoms. The van der Waals surface area contributed by atoms with E-state index in [1.807, 2.05) is 0 Å². The molecule has 0 saturated carbocycles. The lowest BCUT2D eigenvalue weighted by molar-refractivity contribution is 1.57. The Morgan fingerprint density at radius 3 is 0.844 bits per heavy atom. The van der Waals surface area contributed by atoms with Crippen LogP contribution < -0.4 is 11.5 Å². The molecule has 3 aromatic rings. The molecule has 0 spiro atoms. The summed E-state index contributed by atoms with van der Waals surface area (Å²) >= 11 is 76.1. The van der Waals surface area contributed by atoms with Crippen molar-refractivity contribution in [1.29, 1.82) is 0 Å². The van der Waals surface area contributed by atoms with Gasteiger partial charge in [-0.3, -0.25) is 0 Å². The zero-order chi connectivity index (χ0) is 24.4. The SMILES string of the molecule is Nc1c(N)c(-c2c(Cl)c(Cl)c(-c3c(Cl)c(Cl)c(Cl)c(Cl)c3Cl)c(Cl)c2Cl)c(Cl)c(Cl)c1Cl. The predicted octanol–water partition coefficient (Wildman–Crippen LogP) is 12.0. The van der Waals surface area contributed by atoms with E-state index < -0.39 is 0 Å². The standard InChI is InChI=1S/C18H4Cl12N2/c19-5-1(2-9(23)12(26)15(29)13(27)10(2)24)6(20)8(22)3(7(5)21)4-11(25)14(28)16(30)18(32)17(4)31/h31-32H2. The second-order valence-electron chi connectivity index (χ2n) is 6.10. The van der Waals surface area contributed by atoms with Gasteiger partial charge in [0.05, 0.1) is 71.6 Å². The van der Waals surface area contributed by atoms with E-state index in [9.17, 15) is 0 Å². The van der Waals surface area contributed by atoms with E-state index in [0.717, 1.165) is 0 Å². The Bertz CT molecular complexity index is 1130. The molecule has 170 valence electrons. The van der Waals surface area contributed by atoms with Gasteiger partial charge >= 0.3 is 0 Å². The molecule has 0 aliphatic carbocycles. The number of hydrogen-bond acceptors (Lipinski definition) is 2. The first-order chi connectivity index (χ1) is 14.7.